The molecule has 116 valence electrons. The first kappa shape index (κ1) is 17.0. The molecule has 1 heterocycles. The van der Waals surface area contributed by atoms with E-state index >= 15 is 0 Å². The highest BCUT2D eigenvalue weighted by atomic mass is 28.4. The predicted molar refractivity (Wildman–Crippen MR) is 77.5 cm³/mol. The second kappa shape index (κ2) is 5.03. The molecule has 0 saturated carbocycles. The van der Waals surface area contributed by atoms with Gasteiger partial charge in [-0.1, -0.05) is 20.8 Å². The third-order valence-corrected chi connectivity index (χ3v) is 9.10. The van der Waals surface area contributed by atoms with Gasteiger partial charge >= 0.3 is 12.1 Å². The highest BCUT2D eigenvalue weighted by molar-refractivity contribution is 6.74. The molecule has 0 aromatic rings. The third-order valence-electron chi connectivity index (χ3n) is 4.57. The molecule has 0 aliphatic carbocycles. The highest BCUT2D eigenvalue weighted by Crippen LogP contribution is 2.40. The molecule has 1 aliphatic rings. The van der Waals surface area contributed by atoms with Crippen LogP contribution < -0.4 is 0 Å². The Labute approximate surface area is 120 Å². The molecule has 2 N–H and O–H groups in total. The van der Waals surface area contributed by atoms with Crippen molar-refractivity contribution >= 4 is 20.4 Å². The summed E-state index contributed by atoms with van der Waals surface area (Å²) in [5, 5.41) is 18.5. The van der Waals surface area contributed by atoms with Gasteiger partial charge in [0.1, 0.15) is 5.54 Å². The zero-order chi connectivity index (χ0) is 15.9. The first-order chi connectivity index (χ1) is 8.81. The van der Waals surface area contributed by atoms with Crippen LogP contribution in [0.4, 0.5) is 4.79 Å². The normalized spacial score (nSPS) is 27.7. The van der Waals surface area contributed by atoms with Gasteiger partial charge in [0.2, 0.25) is 0 Å². The lowest BCUT2D eigenvalue weighted by molar-refractivity contribution is -0.147. The number of nitrogens with zero attached hydrogens (tertiary/aromatic N) is 1. The van der Waals surface area contributed by atoms with Crippen molar-refractivity contribution in [3.63, 3.8) is 0 Å². The van der Waals surface area contributed by atoms with Crippen LogP contribution in [0.15, 0.2) is 0 Å². The molecule has 1 saturated heterocycles. The van der Waals surface area contributed by atoms with Crippen molar-refractivity contribution < 1.29 is 24.2 Å². The fraction of sp³-hybridized carbons (Fsp3) is 0.846. The van der Waals surface area contributed by atoms with E-state index in [0.29, 0.717) is 0 Å². The van der Waals surface area contributed by atoms with Crippen LogP contribution in [0.1, 0.15) is 34.1 Å². The quantitative estimate of drug-likeness (QED) is 0.783. The summed E-state index contributed by atoms with van der Waals surface area (Å²) < 4.78 is 6.16. The highest BCUT2D eigenvalue weighted by Gasteiger charge is 2.52. The van der Waals surface area contributed by atoms with E-state index in [4.69, 9.17) is 4.43 Å². The van der Waals surface area contributed by atoms with E-state index in [9.17, 15) is 19.8 Å². The zero-order valence-corrected chi connectivity index (χ0v) is 14.1. The van der Waals surface area contributed by atoms with Gasteiger partial charge in [-0.2, -0.15) is 0 Å². The molecular weight excluding hydrogens is 278 g/mol. The van der Waals surface area contributed by atoms with Crippen molar-refractivity contribution in [2.75, 3.05) is 6.54 Å². The number of likely N-dealkylation sites (tertiary alicyclic amines) is 1. The maximum Gasteiger partial charge on any atom is 0.408 e. The summed E-state index contributed by atoms with van der Waals surface area (Å²) in [6, 6.07) is 0. The van der Waals surface area contributed by atoms with Gasteiger partial charge in [0, 0.05) is 6.42 Å². The van der Waals surface area contributed by atoms with Crippen molar-refractivity contribution in [2.45, 2.75) is 63.9 Å². The van der Waals surface area contributed by atoms with Gasteiger partial charge in [-0.05, 0) is 25.1 Å². The fourth-order valence-corrected chi connectivity index (χ4v) is 3.53. The van der Waals surface area contributed by atoms with Gasteiger partial charge in [0.25, 0.3) is 0 Å². The molecule has 1 rings (SSSR count). The Morgan fingerprint density at radius 2 is 1.80 bits per heavy atom. The number of carbonyl (C=O) groups is 2. The van der Waals surface area contributed by atoms with Gasteiger partial charge in [-0.25, -0.2) is 9.59 Å². The molecule has 7 heteroatoms. The number of carboxylic acid groups (broad SMARTS) is 2. The fourth-order valence-electron chi connectivity index (χ4n) is 2.19. The number of amides is 1. The Morgan fingerprint density at radius 1 is 1.30 bits per heavy atom. The molecule has 0 aromatic heterocycles. The Balaban J connectivity index is 2.93. The maximum atomic E-state index is 11.4. The first-order valence-electron chi connectivity index (χ1n) is 6.73. The molecule has 1 amide bonds. The summed E-state index contributed by atoms with van der Waals surface area (Å²) in [5.74, 6) is -1.12. The van der Waals surface area contributed by atoms with E-state index in [-0.39, 0.29) is 24.1 Å². The summed E-state index contributed by atoms with van der Waals surface area (Å²) in [5.41, 5.74) is -1.40. The molecule has 2 atom stereocenters. The third kappa shape index (κ3) is 2.98. The van der Waals surface area contributed by atoms with Gasteiger partial charge < -0.3 is 14.6 Å². The van der Waals surface area contributed by atoms with E-state index in [1.54, 1.807) is 0 Å². The van der Waals surface area contributed by atoms with Crippen LogP contribution in [0.2, 0.25) is 18.1 Å². The topological polar surface area (TPSA) is 87.1 Å². The second-order valence-corrected chi connectivity index (χ2v) is 11.9. The molecule has 1 fully saturated rings. The number of hydrogen-bond acceptors (Lipinski definition) is 3. The molecule has 0 aromatic carbocycles. The van der Waals surface area contributed by atoms with Gasteiger partial charge in [-0.15, -0.1) is 0 Å². The van der Waals surface area contributed by atoms with Crippen LogP contribution in [0.25, 0.3) is 0 Å². The summed E-state index contributed by atoms with van der Waals surface area (Å²) in [4.78, 5) is 23.6. The maximum absolute atomic E-state index is 11.4. The lowest BCUT2D eigenvalue weighted by Crippen LogP contribution is -2.50. The average molecular weight is 303 g/mol. The molecule has 1 aliphatic heterocycles. The monoisotopic (exact) mass is 303 g/mol. The van der Waals surface area contributed by atoms with Crippen LogP contribution >= 0.6 is 0 Å². The van der Waals surface area contributed by atoms with Crippen molar-refractivity contribution in [1.82, 2.24) is 4.90 Å². The van der Waals surface area contributed by atoms with Crippen LogP contribution in [-0.2, 0) is 9.22 Å². The predicted octanol–water partition coefficient (Wildman–Crippen LogP) is 2.60. The standard InChI is InChI=1S/C13H25NO5Si/c1-12(2,3)20(5,6)19-9-7-13(4,10(15)16)14(8-9)11(17)18/h9H,7-8H2,1-6H3,(H,15,16)(H,17,18)/t9-,13?/m0/s1. The minimum atomic E-state index is -2.04. The smallest absolute Gasteiger partial charge is 0.408 e. The second-order valence-electron chi connectivity index (χ2n) is 7.18. The van der Waals surface area contributed by atoms with Gasteiger partial charge in [0.15, 0.2) is 8.32 Å². The van der Waals surface area contributed by atoms with Crippen LogP contribution in [0, 0.1) is 0 Å². The van der Waals surface area contributed by atoms with Crippen LogP contribution in [0.3, 0.4) is 0 Å². The van der Waals surface area contributed by atoms with Crippen molar-refractivity contribution in [3.05, 3.63) is 0 Å². The van der Waals surface area contributed by atoms with E-state index in [2.05, 4.69) is 33.9 Å². The SMILES string of the molecule is CC1(C(=O)O)C[C@H](O[Si](C)(C)C(C)(C)C)CN1C(=O)O. The van der Waals surface area contributed by atoms with E-state index in [1.165, 1.54) is 6.92 Å². The summed E-state index contributed by atoms with van der Waals surface area (Å²) >= 11 is 0. The molecule has 1 unspecified atom stereocenters. The number of carboxylic acids is 1. The number of rotatable bonds is 3. The van der Waals surface area contributed by atoms with Crippen LogP contribution in [0.5, 0.6) is 0 Å². The van der Waals surface area contributed by atoms with Crippen molar-refractivity contribution in [2.24, 2.45) is 0 Å². The Bertz CT molecular complexity index is 417. The van der Waals surface area contributed by atoms with Gasteiger partial charge in [-0.3, -0.25) is 4.90 Å². The Hall–Kier alpha value is -1.08. The molecule has 20 heavy (non-hydrogen) atoms. The molecule has 6 nitrogen and oxygen atoms in total. The number of aliphatic carboxylic acids is 1. The van der Waals surface area contributed by atoms with E-state index < -0.39 is 25.9 Å². The molecule has 0 bridgehead atoms. The zero-order valence-electron chi connectivity index (χ0n) is 13.1. The van der Waals surface area contributed by atoms with Crippen molar-refractivity contribution in [1.29, 1.82) is 0 Å². The first-order valence-corrected chi connectivity index (χ1v) is 9.64. The lowest BCUT2D eigenvalue weighted by atomic mass is 9.99. The van der Waals surface area contributed by atoms with Crippen LogP contribution in [-0.4, -0.2) is 53.7 Å². The minimum Gasteiger partial charge on any atom is -0.480 e. The molecule has 0 spiro atoms. The molecule has 0 radical (unpaired) electrons. The summed E-state index contributed by atoms with van der Waals surface area (Å²) in [7, 11) is -2.04. The number of hydrogen-bond donors (Lipinski definition) is 2. The summed E-state index contributed by atoms with van der Waals surface area (Å²) in [6.45, 7) is 12.0. The Kier molecular flexibility index (Phi) is 4.27. The molecular formula is C13H25NO5Si. The average Bonchev–Trinajstić information content (AvgIpc) is 2.54. The lowest BCUT2D eigenvalue weighted by Gasteiger charge is -2.38. The Morgan fingerprint density at radius 3 is 2.10 bits per heavy atom. The van der Waals surface area contributed by atoms with E-state index in [0.717, 1.165) is 4.90 Å². The van der Waals surface area contributed by atoms with Gasteiger partial charge in [0.05, 0.1) is 12.6 Å². The van der Waals surface area contributed by atoms with E-state index in [1.807, 2.05) is 0 Å². The summed E-state index contributed by atoms with van der Waals surface area (Å²) in [6.07, 6.45) is -1.37. The minimum absolute atomic E-state index is 0.00324. The largest absolute Gasteiger partial charge is 0.480 e. The van der Waals surface area contributed by atoms with Crippen molar-refractivity contribution in [3.8, 4) is 0 Å².